The fourth-order valence-electron chi connectivity index (χ4n) is 0.166. The van der Waals surface area contributed by atoms with Crippen LogP contribution in [0.25, 0.3) is 0 Å². The van der Waals surface area contributed by atoms with Crippen molar-refractivity contribution in [1.29, 1.82) is 0 Å². The minimum Gasteiger partial charge on any atom is -0.0604 e. The van der Waals surface area contributed by atoms with E-state index in [-0.39, 0.29) is 0 Å². The summed E-state index contributed by atoms with van der Waals surface area (Å²) >= 11 is 5.19. The Hall–Kier alpha value is -0.640. The SMILES string of the molecule is Cl[n+]1cnn[nH]1. The van der Waals surface area contributed by atoms with Crippen molar-refractivity contribution in [2.75, 3.05) is 0 Å². The van der Waals surface area contributed by atoms with Gasteiger partial charge in [-0.25, -0.2) is 0 Å². The quantitative estimate of drug-likeness (QED) is 0.465. The highest BCUT2D eigenvalue weighted by Crippen LogP contribution is 1.53. The molecule has 5 heteroatoms. The van der Waals surface area contributed by atoms with Gasteiger partial charge in [0.1, 0.15) is 16.9 Å². The fourth-order valence-corrected chi connectivity index (χ4v) is 0.238. The third-order valence-electron chi connectivity index (χ3n) is 0.351. The lowest BCUT2D eigenvalue weighted by Gasteiger charge is -1.58. The van der Waals surface area contributed by atoms with Crippen LogP contribution in [0.3, 0.4) is 0 Å². The Bertz CT molecular complexity index is 111. The van der Waals surface area contributed by atoms with Gasteiger partial charge in [-0.1, -0.05) is 9.41 Å². The van der Waals surface area contributed by atoms with Gasteiger partial charge in [-0.3, -0.25) is 0 Å². The predicted molar refractivity (Wildman–Crippen MR) is 17.8 cm³/mol. The molecule has 4 nitrogen and oxygen atoms in total. The van der Waals surface area contributed by atoms with Crippen LogP contribution < -0.4 is 4.20 Å². The van der Waals surface area contributed by atoms with Crippen molar-refractivity contribution in [1.82, 2.24) is 15.5 Å². The van der Waals surface area contributed by atoms with Crippen molar-refractivity contribution >= 4 is 11.8 Å². The van der Waals surface area contributed by atoms with E-state index in [1.54, 1.807) is 0 Å². The van der Waals surface area contributed by atoms with Crippen molar-refractivity contribution < 1.29 is 4.20 Å². The average molecular weight is 106 g/mol. The van der Waals surface area contributed by atoms with Gasteiger partial charge in [-0.15, -0.1) is 0 Å². The van der Waals surface area contributed by atoms with Gasteiger partial charge < -0.3 is 0 Å². The molecule has 0 aliphatic rings. The number of aromatic amines is 1. The maximum absolute atomic E-state index is 5.19. The Morgan fingerprint density at radius 1 is 1.83 bits per heavy atom. The minimum atomic E-state index is 1.12. The first kappa shape index (κ1) is 3.55. The lowest BCUT2D eigenvalue weighted by Crippen LogP contribution is -2.20. The zero-order valence-electron chi connectivity index (χ0n) is 2.80. The van der Waals surface area contributed by atoms with Gasteiger partial charge in [0.25, 0.3) is 0 Å². The number of H-pyrrole nitrogens is 1. The van der Waals surface area contributed by atoms with E-state index >= 15 is 0 Å². The van der Waals surface area contributed by atoms with Crippen LogP contribution in [0.15, 0.2) is 6.33 Å². The van der Waals surface area contributed by atoms with E-state index < -0.39 is 0 Å². The molecule has 0 amide bonds. The van der Waals surface area contributed by atoms with E-state index in [2.05, 4.69) is 15.5 Å². The van der Waals surface area contributed by atoms with Gasteiger partial charge in [0.05, 0.1) is 0 Å². The molecule has 0 radical (unpaired) electrons. The molecule has 0 aliphatic carbocycles. The largest absolute Gasteiger partial charge is 0.306 e. The Labute approximate surface area is 38.8 Å². The standard InChI is InChI=1S/CHClN4/c2-6-1-3-4-5-6/h1H/p+1. The molecule has 1 heterocycles. The van der Waals surface area contributed by atoms with Gasteiger partial charge >= 0.3 is 6.33 Å². The monoisotopic (exact) mass is 105 g/mol. The summed E-state index contributed by atoms with van der Waals surface area (Å²) in [6.07, 6.45) is 1.35. The van der Waals surface area contributed by atoms with Crippen LogP contribution in [0.1, 0.15) is 0 Å². The number of hydrogen-bond donors (Lipinski definition) is 1. The first-order valence-electron chi connectivity index (χ1n) is 1.33. The van der Waals surface area contributed by atoms with Crippen LogP contribution in [-0.4, -0.2) is 15.5 Å². The summed E-state index contributed by atoms with van der Waals surface area (Å²) < 4.78 is 1.12. The normalized spacial score (nSPS) is 8.83. The van der Waals surface area contributed by atoms with Crippen molar-refractivity contribution in [2.45, 2.75) is 0 Å². The molecule has 0 fully saturated rings. The maximum atomic E-state index is 5.19. The van der Waals surface area contributed by atoms with Gasteiger partial charge in [0, 0.05) is 0 Å². The lowest BCUT2D eigenvalue weighted by atomic mass is 11.4. The minimum absolute atomic E-state index is 1.12. The topological polar surface area (TPSA) is 45.5 Å². The highest BCUT2D eigenvalue weighted by Gasteiger charge is 1.87. The van der Waals surface area contributed by atoms with Crippen LogP contribution in [-0.2, 0) is 0 Å². The van der Waals surface area contributed by atoms with Crippen molar-refractivity contribution in [2.24, 2.45) is 0 Å². The number of hydrogen-bond acceptors (Lipinski definition) is 2. The average Bonchev–Trinajstić information content (AvgIpc) is 1.86. The highest BCUT2D eigenvalue weighted by atomic mass is 35.5. The molecular formula is CH2ClN4+. The number of nitrogens with one attached hydrogen (secondary N) is 1. The molecule has 0 atom stereocenters. The molecule has 32 valence electrons. The Kier molecular flexibility index (Phi) is 0.719. The molecule has 0 saturated heterocycles. The second-order valence-corrected chi connectivity index (χ2v) is 1.11. The highest BCUT2D eigenvalue weighted by molar-refractivity contribution is 6.03. The predicted octanol–water partition coefficient (Wildman–Crippen LogP) is -0.906. The summed E-state index contributed by atoms with van der Waals surface area (Å²) in [6.45, 7) is 0. The third kappa shape index (κ3) is 0.463. The number of tetrazole rings is 1. The summed E-state index contributed by atoms with van der Waals surface area (Å²) in [4.78, 5) is 0. The summed E-state index contributed by atoms with van der Waals surface area (Å²) in [5.74, 6) is 0. The number of aromatic nitrogens is 4. The molecule has 1 aromatic heterocycles. The zero-order chi connectivity index (χ0) is 4.41. The van der Waals surface area contributed by atoms with E-state index in [1.807, 2.05) is 0 Å². The second-order valence-electron chi connectivity index (χ2n) is 0.742. The van der Waals surface area contributed by atoms with Crippen molar-refractivity contribution in [3.8, 4) is 0 Å². The molecule has 0 bridgehead atoms. The van der Waals surface area contributed by atoms with Crippen molar-refractivity contribution in [3.05, 3.63) is 6.33 Å². The molecule has 0 aliphatic heterocycles. The first-order valence-corrected chi connectivity index (χ1v) is 1.67. The van der Waals surface area contributed by atoms with E-state index in [0.717, 1.165) is 4.20 Å². The summed E-state index contributed by atoms with van der Waals surface area (Å²) in [5, 5.41) is 8.95. The number of halogens is 1. The van der Waals surface area contributed by atoms with Crippen LogP contribution >= 0.6 is 11.8 Å². The zero-order valence-corrected chi connectivity index (χ0v) is 3.55. The summed E-state index contributed by atoms with van der Waals surface area (Å²) in [5.41, 5.74) is 0. The second kappa shape index (κ2) is 1.22. The fraction of sp³-hybridized carbons (Fsp3) is 0. The molecular weight excluding hydrogens is 103 g/mol. The smallest absolute Gasteiger partial charge is 0.0604 e. The lowest BCUT2D eigenvalue weighted by molar-refractivity contribution is -0.589. The van der Waals surface area contributed by atoms with Crippen LogP contribution in [0.5, 0.6) is 0 Å². The third-order valence-corrected chi connectivity index (χ3v) is 0.514. The van der Waals surface area contributed by atoms with Crippen LogP contribution in [0.2, 0.25) is 0 Å². The van der Waals surface area contributed by atoms with Gasteiger partial charge in [-0.05, 0) is 0 Å². The number of nitrogens with zero attached hydrogens (tertiary/aromatic N) is 3. The molecule has 1 aromatic rings. The van der Waals surface area contributed by atoms with Gasteiger partial charge in [-0.2, -0.15) is 0 Å². The number of rotatable bonds is 0. The maximum Gasteiger partial charge on any atom is 0.306 e. The molecule has 0 unspecified atom stereocenters. The van der Waals surface area contributed by atoms with Gasteiger partial charge in [0.2, 0.25) is 0 Å². The Balaban J connectivity index is 3.05. The van der Waals surface area contributed by atoms with E-state index in [0.29, 0.717) is 0 Å². The van der Waals surface area contributed by atoms with E-state index in [1.165, 1.54) is 6.33 Å². The van der Waals surface area contributed by atoms with Crippen LogP contribution in [0, 0.1) is 0 Å². The molecule has 0 aromatic carbocycles. The Morgan fingerprint density at radius 3 is 2.83 bits per heavy atom. The van der Waals surface area contributed by atoms with Crippen LogP contribution in [0.4, 0.5) is 0 Å². The molecule has 1 rings (SSSR count). The van der Waals surface area contributed by atoms with E-state index in [9.17, 15) is 0 Å². The molecule has 0 spiro atoms. The van der Waals surface area contributed by atoms with E-state index in [4.69, 9.17) is 11.8 Å². The van der Waals surface area contributed by atoms with Crippen molar-refractivity contribution in [3.63, 3.8) is 0 Å². The molecule has 1 N–H and O–H groups in total. The Morgan fingerprint density at radius 2 is 2.67 bits per heavy atom. The molecule has 0 saturated carbocycles. The summed E-state index contributed by atoms with van der Waals surface area (Å²) in [7, 11) is 0. The summed E-state index contributed by atoms with van der Waals surface area (Å²) in [6, 6.07) is 0. The molecule has 6 heavy (non-hydrogen) atoms. The van der Waals surface area contributed by atoms with Gasteiger partial charge in [0.15, 0.2) is 5.21 Å². The first-order chi connectivity index (χ1) is 2.89.